The van der Waals surface area contributed by atoms with Crippen molar-refractivity contribution in [1.29, 1.82) is 0 Å². The average Bonchev–Trinajstić information content (AvgIpc) is 2.61. The van der Waals surface area contributed by atoms with Gasteiger partial charge in [-0.2, -0.15) is 0 Å². The summed E-state index contributed by atoms with van der Waals surface area (Å²) in [7, 11) is 0. The molecule has 0 aromatic heterocycles. The van der Waals surface area contributed by atoms with E-state index in [0.717, 1.165) is 11.1 Å². The van der Waals surface area contributed by atoms with Crippen molar-refractivity contribution < 1.29 is 14.3 Å². The Morgan fingerprint density at radius 2 is 1.83 bits per heavy atom. The quantitative estimate of drug-likeness (QED) is 0.830. The first kappa shape index (κ1) is 16.5. The fraction of sp³-hybridized carbons (Fsp3) is 0.263. The molecular formula is C19H18ClNO3. The molecule has 3 rings (SSSR count). The van der Waals surface area contributed by atoms with Crippen LogP contribution in [0.15, 0.2) is 54.6 Å². The van der Waals surface area contributed by atoms with Crippen LogP contribution < -0.4 is 0 Å². The molecule has 1 heterocycles. The Hall–Kier alpha value is -2.33. The van der Waals surface area contributed by atoms with Gasteiger partial charge in [-0.05, 0) is 23.3 Å². The summed E-state index contributed by atoms with van der Waals surface area (Å²) in [5, 5.41) is 0.624. The van der Waals surface area contributed by atoms with E-state index in [1.54, 1.807) is 17.0 Å². The number of halogens is 1. The molecular weight excluding hydrogens is 326 g/mol. The lowest BCUT2D eigenvalue weighted by atomic mass is 9.95. The van der Waals surface area contributed by atoms with Crippen LogP contribution in [-0.2, 0) is 16.1 Å². The van der Waals surface area contributed by atoms with Crippen molar-refractivity contribution in [2.24, 2.45) is 0 Å². The summed E-state index contributed by atoms with van der Waals surface area (Å²) in [6.45, 7) is 0.594. The Morgan fingerprint density at radius 3 is 2.54 bits per heavy atom. The van der Waals surface area contributed by atoms with E-state index >= 15 is 0 Å². The summed E-state index contributed by atoms with van der Waals surface area (Å²) in [4.78, 5) is 26.0. The van der Waals surface area contributed by atoms with Crippen molar-refractivity contribution in [3.05, 3.63) is 70.7 Å². The number of Topliss-reactive ketones (excluding diaryl/α,β-unsaturated/α-hetero) is 1. The molecule has 0 radical (unpaired) electrons. The molecule has 1 aliphatic rings. The number of nitrogens with zero attached hydrogens (tertiary/aromatic N) is 1. The molecule has 1 atom stereocenters. The number of likely N-dealkylation sites (tertiary alicyclic amines) is 1. The summed E-state index contributed by atoms with van der Waals surface area (Å²) in [5.74, 6) is 0.155. The molecule has 0 saturated carbocycles. The van der Waals surface area contributed by atoms with Gasteiger partial charge in [0.25, 0.3) is 0 Å². The van der Waals surface area contributed by atoms with E-state index < -0.39 is 6.09 Å². The van der Waals surface area contributed by atoms with Gasteiger partial charge in [0.1, 0.15) is 12.4 Å². The smallest absolute Gasteiger partial charge is 0.410 e. The van der Waals surface area contributed by atoms with Crippen LogP contribution in [-0.4, -0.2) is 23.3 Å². The molecule has 0 unspecified atom stereocenters. The largest absolute Gasteiger partial charge is 0.445 e. The van der Waals surface area contributed by atoms with E-state index in [4.69, 9.17) is 16.3 Å². The SMILES string of the molecule is O=C1CCN(C(=O)OCc2ccccc2)[C@@H](c2ccc(Cl)cc2)C1. The highest BCUT2D eigenvalue weighted by molar-refractivity contribution is 6.30. The Balaban J connectivity index is 1.72. The van der Waals surface area contributed by atoms with Crippen LogP contribution in [0.3, 0.4) is 0 Å². The van der Waals surface area contributed by atoms with Crippen LogP contribution >= 0.6 is 11.6 Å². The number of carbonyl (C=O) groups excluding carboxylic acids is 2. The fourth-order valence-corrected chi connectivity index (χ4v) is 2.96. The lowest BCUT2D eigenvalue weighted by Gasteiger charge is -2.34. The molecule has 2 aromatic carbocycles. The predicted molar refractivity (Wildman–Crippen MR) is 91.8 cm³/mol. The zero-order chi connectivity index (χ0) is 16.9. The molecule has 0 N–H and O–H groups in total. The Morgan fingerprint density at radius 1 is 1.12 bits per heavy atom. The summed E-state index contributed by atoms with van der Waals surface area (Å²) in [5.41, 5.74) is 1.83. The van der Waals surface area contributed by atoms with Gasteiger partial charge in [0.15, 0.2) is 0 Å². The van der Waals surface area contributed by atoms with Gasteiger partial charge < -0.3 is 9.64 Å². The Bertz CT molecular complexity index is 715. The molecule has 1 fully saturated rings. The van der Waals surface area contributed by atoms with Crippen molar-refractivity contribution in [2.75, 3.05) is 6.54 Å². The highest BCUT2D eigenvalue weighted by Crippen LogP contribution is 2.30. The third-order valence-corrected chi connectivity index (χ3v) is 4.38. The van der Waals surface area contributed by atoms with E-state index in [0.29, 0.717) is 24.4 Å². The molecule has 5 heteroatoms. The lowest BCUT2D eigenvalue weighted by Crippen LogP contribution is -2.41. The van der Waals surface area contributed by atoms with E-state index in [9.17, 15) is 9.59 Å². The van der Waals surface area contributed by atoms with Gasteiger partial charge in [-0.1, -0.05) is 54.1 Å². The average molecular weight is 344 g/mol. The minimum Gasteiger partial charge on any atom is -0.445 e. The first-order chi connectivity index (χ1) is 11.6. The van der Waals surface area contributed by atoms with Gasteiger partial charge >= 0.3 is 6.09 Å². The molecule has 0 aliphatic carbocycles. The van der Waals surface area contributed by atoms with E-state index in [1.807, 2.05) is 42.5 Å². The molecule has 124 valence electrons. The number of hydrogen-bond donors (Lipinski definition) is 0. The summed E-state index contributed by atoms with van der Waals surface area (Å²) in [6.07, 6.45) is 0.276. The number of benzene rings is 2. The number of carbonyl (C=O) groups is 2. The Labute approximate surface area is 146 Å². The van der Waals surface area contributed by atoms with Crippen LogP contribution in [0, 0.1) is 0 Å². The van der Waals surface area contributed by atoms with Gasteiger partial charge in [-0.15, -0.1) is 0 Å². The van der Waals surface area contributed by atoms with Crippen molar-refractivity contribution >= 4 is 23.5 Å². The van der Waals surface area contributed by atoms with Crippen molar-refractivity contribution in [3.63, 3.8) is 0 Å². The zero-order valence-electron chi connectivity index (χ0n) is 13.2. The summed E-state index contributed by atoms with van der Waals surface area (Å²) < 4.78 is 5.43. The number of rotatable bonds is 3. The molecule has 1 amide bonds. The van der Waals surface area contributed by atoms with Crippen LogP contribution in [0.25, 0.3) is 0 Å². The van der Waals surface area contributed by atoms with Crippen LogP contribution in [0.2, 0.25) is 5.02 Å². The van der Waals surface area contributed by atoms with Crippen LogP contribution in [0.1, 0.15) is 30.0 Å². The van der Waals surface area contributed by atoms with Gasteiger partial charge in [-0.3, -0.25) is 4.79 Å². The molecule has 2 aromatic rings. The van der Waals surface area contributed by atoms with Crippen molar-refractivity contribution in [2.45, 2.75) is 25.5 Å². The van der Waals surface area contributed by atoms with E-state index in [1.165, 1.54) is 0 Å². The summed E-state index contributed by atoms with van der Waals surface area (Å²) >= 11 is 5.92. The maximum Gasteiger partial charge on any atom is 0.410 e. The first-order valence-corrected chi connectivity index (χ1v) is 8.26. The van der Waals surface area contributed by atoms with Gasteiger partial charge in [0, 0.05) is 24.4 Å². The topological polar surface area (TPSA) is 46.6 Å². The number of piperidine rings is 1. The third-order valence-electron chi connectivity index (χ3n) is 4.12. The molecule has 0 bridgehead atoms. The molecule has 1 saturated heterocycles. The van der Waals surface area contributed by atoms with Gasteiger partial charge in [-0.25, -0.2) is 4.79 Å². The van der Waals surface area contributed by atoms with Crippen LogP contribution in [0.5, 0.6) is 0 Å². The highest BCUT2D eigenvalue weighted by Gasteiger charge is 2.32. The van der Waals surface area contributed by atoms with Crippen molar-refractivity contribution in [1.82, 2.24) is 4.90 Å². The Kier molecular flexibility index (Phi) is 5.16. The molecule has 1 aliphatic heterocycles. The standard InChI is InChI=1S/C19H18ClNO3/c20-16-8-6-15(7-9-16)18-12-17(22)10-11-21(18)19(23)24-13-14-4-2-1-3-5-14/h1-9,18H,10-13H2/t18-/m1/s1. The van der Waals surface area contributed by atoms with Crippen LogP contribution in [0.4, 0.5) is 4.79 Å². The fourth-order valence-electron chi connectivity index (χ4n) is 2.83. The third kappa shape index (κ3) is 3.95. The number of amides is 1. The number of ketones is 1. The van der Waals surface area contributed by atoms with E-state index in [-0.39, 0.29) is 18.4 Å². The second-order valence-electron chi connectivity index (χ2n) is 5.79. The molecule has 24 heavy (non-hydrogen) atoms. The summed E-state index contributed by atoms with van der Waals surface area (Å²) in [6, 6.07) is 16.5. The second kappa shape index (κ2) is 7.49. The normalized spacial score (nSPS) is 17.6. The predicted octanol–water partition coefficient (Wildman–Crippen LogP) is 4.38. The molecule has 4 nitrogen and oxygen atoms in total. The number of ether oxygens (including phenoxy) is 1. The first-order valence-electron chi connectivity index (χ1n) is 7.88. The second-order valence-corrected chi connectivity index (χ2v) is 6.23. The van der Waals surface area contributed by atoms with Gasteiger partial charge in [0.05, 0.1) is 6.04 Å². The van der Waals surface area contributed by atoms with E-state index in [2.05, 4.69) is 0 Å². The molecule has 0 spiro atoms. The monoisotopic (exact) mass is 343 g/mol. The maximum absolute atomic E-state index is 12.5. The van der Waals surface area contributed by atoms with Gasteiger partial charge in [0.2, 0.25) is 0 Å². The number of hydrogen-bond acceptors (Lipinski definition) is 3. The lowest BCUT2D eigenvalue weighted by molar-refractivity contribution is -0.122. The highest BCUT2D eigenvalue weighted by atomic mass is 35.5. The maximum atomic E-state index is 12.5. The minimum absolute atomic E-state index is 0.155. The van der Waals surface area contributed by atoms with Crippen molar-refractivity contribution in [3.8, 4) is 0 Å². The minimum atomic E-state index is -0.397. The zero-order valence-corrected chi connectivity index (χ0v) is 13.9.